The van der Waals surface area contributed by atoms with Gasteiger partial charge in [0.1, 0.15) is 0 Å². The predicted molar refractivity (Wildman–Crippen MR) is 72.0 cm³/mol. The maximum atomic E-state index is 5.74. The van der Waals surface area contributed by atoms with Crippen LogP contribution >= 0.6 is 15.9 Å². The Morgan fingerprint density at radius 1 is 1.41 bits per heavy atom. The van der Waals surface area contributed by atoms with Crippen LogP contribution in [0.5, 0.6) is 0 Å². The summed E-state index contributed by atoms with van der Waals surface area (Å²) in [4.78, 5) is 4.28. The molecule has 3 nitrogen and oxygen atoms in total. The Morgan fingerprint density at radius 3 is 3.00 bits per heavy atom. The number of oxazole rings is 1. The topological polar surface area (TPSA) is 38.1 Å². The Balaban J connectivity index is 2.27. The van der Waals surface area contributed by atoms with Gasteiger partial charge in [-0.3, -0.25) is 0 Å². The summed E-state index contributed by atoms with van der Waals surface area (Å²) in [5.41, 5.74) is 2.26. The minimum absolute atomic E-state index is 0.772. The van der Waals surface area contributed by atoms with Crippen molar-refractivity contribution in [2.24, 2.45) is 0 Å². The van der Waals surface area contributed by atoms with Gasteiger partial charge in [-0.25, -0.2) is 4.98 Å². The third-order valence-corrected chi connectivity index (χ3v) is 3.53. The molecule has 0 unspecified atom stereocenters. The number of nitrogens with zero attached hydrogens (tertiary/aromatic N) is 1. The number of likely N-dealkylation sites (N-methyl/N-ethyl adjacent to an activating group) is 1. The molecule has 2 rings (SSSR count). The second-order valence-corrected chi connectivity index (χ2v) is 4.74. The van der Waals surface area contributed by atoms with Crippen LogP contribution in [-0.4, -0.2) is 18.6 Å². The van der Waals surface area contributed by atoms with E-state index in [9.17, 15) is 0 Å². The molecule has 0 atom stereocenters. The van der Waals surface area contributed by atoms with E-state index in [1.54, 1.807) is 6.20 Å². The molecule has 0 aliphatic rings. The molecule has 0 radical (unpaired) electrons. The average molecular weight is 295 g/mol. The summed E-state index contributed by atoms with van der Waals surface area (Å²) in [7, 11) is 1.92. The van der Waals surface area contributed by atoms with E-state index in [0.29, 0.717) is 0 Å². The number of hydrogen-bond acceptors (Lipinski definition) is 3. The molecule has 1 aromatic heterocycles. The predicted octanol–water partition coefficient (Wildman–Crippen LogP) is 3.17. The average Bonchev–Trinajstić information content (AvgIpc) is 2.78. The molecule has 1 aromatic carbocycles. The lowest BCUT2D eigenvalue weighted by molar-refractivity contribution is 0.500. The fourth-order valence-corrected chi connectivity index (χ4v) is 2.02. The molecule has 0 saturated carbocycles. The van der Waals surface area contributed by atoms with Crippen LogP contribution < -0.4 is 5.32 Å². The Kier molecular flexibility index (Phi) is 3.97. The summed E-state index contributed by atoms with van der Waals surface area (Å²) in [5, 5.41) is 3.08. The van der Waals surface area contributed by atoms with Gasteiger partial charge in [0.15, 0.2) is 11.7 Å². The fraction of sp³-hybridized carbons (Fsp3) is 0.308. The smallest absolute Gasteiger partial charge is 0.196 e. The van der Waals surface area contributed by atoms with Crippen molar-refractivity contribution in [2.75, 3.05) is 13.6 Å². The van der Waals surface area contributed by atoms with E-state index in [-0.39, 0.29) is 0 Å². The Morgan fingerprint density at radius 2 is 2.24 bits per heavy atom. The number of aromatic nitrogens is 1. The molecule has 1 N–H and O–H groups in total. The van der Waals surface area contributed by atoms with E-state index < -0.39 is 0 Å². The van der Waals surface area contributed by atoms with Crippen molar-refractivity contribution < 1.29 is 4.42 Å². The van der Waals surface area contributed by atoms with Crippen LogP contribution in [0.1, 0.15) is 11.5 Å². The molecule has 0 aliphatic heterocycles. The molecule has 0 fully saturated rings. The highest BCUT2D eigenvalue weighted by Crippen LogP contribution is 2.28. The zero-order valence-corrected chi connectivity index (χ0v) is 11.5. The molecule has 4 heteroatoms. The lowest BCUT2D eigenvalue weighted by Crippen LogP contribution is -2.10. The number of rotatable bonds is 4. The van der Waals surface area contributed by atoms with Crippen LogP contribution in [0, 0.1) is 6.92 Å². The Hall–Kier alpha value is -1.13. The SMILES string of the molecule is CNCCc1ncc(-c2cccc(Br)c2C)o1. The summed E-state index contributed by atoms with van der Waals surface area (Å²) in [6, 6.07) is 6.07. The molecule has 90 valence electrons. The zero-order chi connectivity index (χ0) is 12.3. The van der Waals surface area contributed by atoms with Crippen molar-refractivity contribution in [3.63, 3.8) is 0 Å². The number of benzene rings is 1. The number of nitrogens with one attached hydrogen (secondary N) is 1. The first-order valence-electron chi connectivity index (χ1n) is 5.57. The second kappa shape index (κ2) is 5.47. The van der Waals surface area contributed by atoms with Gasteiger partial charge in [-0.15, -0.1) is 0 Å². The summed E-state index contributed by atoms with van der Waals surface area (Å²) in [5.74, 6) is 1.60. The summed E-state index contributed by atoms with van der Waals surface area (Å²) >= 11 is 3.52. The van der Waals surface area contributed by atoms with E-state index in [4.69, 9.17) is 4.42 Å². The molecule has 1 heterocycles. The van der Waals surface area contributed by atoms with Crippen molar-refractivity contribution in [3.8, 4) is 11.3 Å². The van der Waals surface area contributed by atoms with Crippen LogP contribution in [0.2, 0.25) is 0 Å². The van der Waals surface area contributed by atoms with E-state index in [1.165, 1.54) is 5.56 Å². The van der Waals surface area contributed by atoms with Crippen LogP contribution in [0.3, 0.4) is 0 Å². The molecule has 0 aliphatic carbocycles. The molecule has 2 aromatic rings. The molecular formula is C13H15BrN2O. The number of halogens is 1. The fourth-order valence-electron chi connectivity index (χ4n) is 1.66. The van der Waals surface area contributed by atoms with Gasteiger partial charge >= 0.3 is 0 Å². The monoisotopic (exact) mass is 294 g/mol. The van der Waals surface area contributed by atoms with Gasteiger partial charge in [0.25, 0.3) is 0 Å². The van der Waals surface area contributed by atoms with Gasteiger partial charge in [-0.05, 0) is 25.6 Å². The molecule has 17 heavy (non-hydrogen) atoms. The molecule has 0 amide bonds. The third-order valence-electron chi connectivity index (χ3n) is 2.68. The van der Waals surface area contributed by atoms with Gasteiger partial charge in [-0.1, -0.05) is 28.1 Å². The van der Waals surface area contributed by atoms with Gasteiger partial charge in [0, 0.05) is 23.0 Å². The molecule has 0 spiro atoms. The van der Waals surface area contributed by atoms with Gasteiger partial charge < -0.3 is 9.73 Å². The zero-order valence-electron chi connectivity index (χ0n) is 9.96. The number of hydrogen-bond donors (Lipinski definition) is 1. The van der Waals surface area contributed by atoms with Crippen molar-refractivity contribution >= 4 is 15.9 Å². The third kappa shape index (κ3) is 2.76. The van der Waals surface area contributed by atoms with E-state index >= 15 is 0 Å². The van der Waals surface area contributed by atoms with Gasteiger partial charge in [-0.2, -0.15) is 0 Å². The van der Waals surface area contributed by atoms with Gasteiger partial charge in [0.05, 0.1) is 6.20 Å². The Labute approximate surface area is 109 Å². The lowest BCUT2D eigenvalue weighted by Gasteiger charge is -2.03. The quantitative estimate of drug-likeness (QED) is 0.941. The minimum Gasteiger partial charge on any atom is -0.441 e. The minimum atomic E-state index is 0.772. The maximum absolute atomic E-state index is 5.74. The standard InChI is InChI=1S/C13H15BrN2O/c1-9-10(4-3-5-11(9)14)12-8-16-13(17-12)6-7-15-2/h3-5,8,15H,6-7H2,1-2H3. The van der Waals surface area contributed by atoms with Crippen LogP contribution in [0.15, 0.2) is 33.3 Å². The highest BCUT2D eigenvalue weighted by Gasteiger charge is 2.09. The largest absolute Gasteiger partial charge is 0.441 e. The van der Waals surface area contributed by atoms with Crippen molar-refractivity contribution in [1.82, 2.24) is 10.3 Å². The lowest BCUT2D eigenvalue weighted by atomic mass is 10.1. The van der Waals surface area contributed by atoms with Crippen molar-refractivity contribution in [2.45, 2.75) is 13.3 Å². The van der Waals surface area contributed by atoms with Crippen molar-refractivity contribution in [3.05, 3.63) is 40.3 Å². The van der Waals surface area contributed by atoms with Crippen molar-refractivity contribution in [1.29, 1.82) is 0 Å². The first-order valence-corrected chi connectivity index (χ1v) is 6.36. The molecule has 0 saturated heterocycles. The van der Waals surface area contributed by atoms with E-state index in [0.717, 1.165) is 34.7 Å². The maximum Gasteiger partial charge on any atom is 0.196 e. The van der Waals surface area contributed by atoms with Crippen LogP contribution in [-0.2, 0) is 6.42 Å². The normalized spacial score (nSPS) is 10.8. The summed E-state index contributed by atoms with van der Waals surface area (Å²) in [6.07, 6.45) is 2.60. The highest BCUT2D eigenvalue weighted by atomic mass is 79.9. The summed E-state index contributed by atoms with van der Waals surface area (Å²) in [6.45, 7) is 2.94. The Bertz CT molecular complexity index is 508. The molecular weight excluding hydrogens is 280 g/mol. The highest BCUT2D eigenvalue weighted by molar-refractivity contribution is 9.10. The first-order chi connectivity index (χ1) is 8.22. The first kappa shape index (κ1) is 12.3. The van der Waals surface area contributed by atoms with E-state index in [1.807, 2.05) is 25.2 Å². The van der Waals surface area contributed by atoms with Crippen LogP contribution in [0.25, 0.3) is 11.3 Å². The van der Waals surface area contributed by atoms with Crippen LogP contribution in [0.4, 0.5) is 0 Å². The van der Waals surface area contributed by atoms with Gasteiger partial charge in [0.2, 0.25) is 0 Å². The second-order valence-electron chi connectivity index (χ2n) is 3.88. The molecule has 0 bridgehead atoms. The van der Waals surface area contributed by atoms with E-state index in [2.05, 4.69) is 33.2 Å². The summed E-state index contributed by atoms with van der Waals surface area (Å²) < 4.78 is 6.82.